The third-order valence-corrected chi connectivity index (χ3v) is 5.29. The molecule has 0 amide bonds. The lowest BCUT2D eigenvalue weighted by Crippen LogP contribution is -2.41. The van der Waals surface area contributed by atoms with Crippen molar-refractivity contribution in [3.8, 4) is 11.5 Å². The van der Waals surface area contributed by atoms with Crippen LogP contribution in [0.5, 0.6) is 0 Å². The molecule has 0 bridgehead atoms. The lowest BCUT2D eigenvalue weighted by Gasteiger charge is -2.10. The molecule has 0 aliphatic carbocycles. The zero-order valence-corrected chi connectivity index (χ0v) is 16.7. The summed E-state index contributed by atoms with van der Waals surface area (Å²) in [5.74, 6) is -0.480. The predicted molar refractivity (Wildman–Crippen MR) is 106 cm³/mol. The van der Waals surface area contributed by atoms with Crippen LogP contribution in [-0.2, 0) is 14.1 Å². The summed E-state index contributed by atoms with van der Waals surface area (Å²) in [6, 6.07) is 5.78. The topological polar surface area (TPSA) is 126 Å². The highest BCUT2D eigenvalue weighted by Crippen LogP contribution is 2.25. The Kier molecular flexibility index (Phi) is 5.23. The van der Waals surface area contributed by atoms with E-state index in [1.165, 1.54) is 14.1 Å². The molecule has 9 nitrogen and oxygen atoms in total. The minimum atomic E-state index is -0.729. The fourth-order valence-corrected chi connectivity index (χ4v) is 3.22. The quantitative estimate of drug-likeness (QED) is 0.501. The normalized spacial score (nSPS) is 11.0. The van der Waals surface area contributed by atoms with Gasteiger partial charge in [-0.3, -0.25) is 18.7 Å². The maximum absolute atomic E-state index is 12.5. The largest absolute Gasteiger partial charge is 0.411 e. The molecule has 0 fully saturated rings. The summed E-state index contributed by atoms with van der Waals surface area (Å²) in [5.41, 5.74) is 7.28. The van der Waals surface area contributed by atoms with Gasteiger partial charge in [0.2, 0.25) is 5.89 Å². The van der Waals surface area contributed by atoms with Gasteiger partial charge in [0, 0.05) is 19.7 Å². The van der Waals surface area contributed by atoms with Gasteiger partial charge < -0.3 is 10.2 Å². The van der Waals surface area contributed by atoms with E-state index in [-0.39, 0.29) is 22.4 Å². The number of hydrogen-bond acceptors (Lipinski definition) is 8. The molecule has 10 heteroatoms. The van der Waals surface area contributed by atoms with Crippen molar-refractivity contribution < 1.29 is 9.21 Å². The molecular weight excluding hydrogens is 382 g/mol. The zero-order chi connectivity index (χ0) is 20.6. The van der Waals surface area contributed by atoms with Gasteiger partial charge in [0.05, 0.1) is 5.75 Å². The standard InChI is InChI=1S/C18H19N5O4S/c1-9-5-6-11(7-10(9)2)15-20-21-17(27-15)28-8-12(24)13-14(19)22(3)18(26)23(4)16(13)25/h5-7H,8,19H2,1-4H3. The van der Waals surface area contributed by atoms with Gasteiger partial charge in [0.1, 0.15) is 11.4 Å². The highest BCUT2D eigenvalue weighted by Gasteiger charge is 2.21. The molecule has 0 atom stereocenters. The summed E-state index contributed by atoms with van der Waals surface area (Å²) in [6.45, 7) is 4.00. The Morgan fingerprint density at radius 2 is 1.86 bits per heavy atom. The number of aryl methyl sites for hydroxylation is 2. The number of carbonyl (C=O) groups excluding carboxylic acids is 1. The van der Waals surface area contributed by atoms with Gasteiger partial charge in [0.15, 0.2) is 5.78 Å². The number of ketones is 1. The number of nitrogen functional groups attached to an aromatic ring is 1. The number of nitrogens with zero attached hydrogens (tertiary/aromatic N) is 4. The van der Waals surface area contributed by atoms with Crippen molar-refractivity contribution in [1.82, 2.24) is 19.3 Å². The van der Waals surface area contributed by atoms with Crippen LogP contribution in [0.1, 0.15) is 21.5 Å². The van der Waals surface area contributed by atoms with Crippen LogP contribution in [0, 0.1) is 13.8 Å². The fourth-order valence-electron chi connectivity index (χ4n) is 2.58. The molecule has 0 aliphatic heterocycles. The van der Waals surface area contributed by atoms with Gasteiger partial charge in [-0.2, -0.15) is 0 Å². The second kappa shape index (κ2) is 7.47. The lowest BCUT2D eigenvalue weighted by atomic mass is 10.1. The number of nitrogens with two attached hydrogens (primary N) is 1. The monoisotopic (exact) mass is 401 g/mol. The molecule has 0 radical (unpaired) electrons. The van der Waals surface area contributed by atoms with E-state index >= 15 is 0 Å². The first-order valence-corrected chi connectivity index (χ1v) is 9.32. The Morgan fingerprint density at radius 3 is 2.54 bits per heavy atom. The number of thioether (sulfide) groups is 1. The van der Waals surface area contributed by atoms with Gasteiger partial charge >= 0.3 is 5.69 Å². The highest BCUT2D eigenvalue weighted by molar-refractivity contribution is 7.99. The van der Waals surface area contributed by atoms with Crippen LogP contribution in [0.3, 0.4) is 0 Å². The molecule has 0 saturated heterocycles. The predicted octanol–water partition coefficient (Wildman–Crippen LogP) is 1.31. The Bertz CT molecular complexity index is 1190. The second-order valence-corrected chi connectivity index (χ2v) is 7.28. The van der Waals surface area contributed by atoms with Gasteiger partial charge in [0.25, 0.3) is 10.8 Å². The van der Waals surface area contributed by atoms with E-state index in [0.29, 0.717) is 5.89 Å². The fraction of sp³-hybridized carbons (Fsp3) is 0.278. The third-order valence-electron chi connectivity index (χ3n) is 4.48. The van der Waals surface area contributed by atoms with E-state index < -0.39 is 17.0 Å². The molecule has 0 saturated carbocycles. The van der Waals surface area contributed by atoms with E-state index in [2.05, 4.69) is 10.2 Å². The maximum atomic E-state index is 12.5. The van der Waals surface area contributed by atoms with Gasteiger partial charge in [-0.1, -0.05) is 17.8 Å². The maximum Gasteiger partial charge on any atom is 0.332 e. The van der Waals surface area contributed by atoms with Crippen molar-refractivity contribution in [3.63, 3.8) is 0 Å². The van der Waals surface area contributed by atoms with Gasteiger partial charge in [-0.05, 0) is 37.1 Å². The third kappa shape index (κ3) is 3.50. The molecule has 0 aliphatic rings. The van der Waals surface area contributed by atoms with Gasteiger partial charge in [-0.15, -0.1) is 10.2 Å². The van der Waals surface area contributed by atoms with Gasteiger partial charge in [-0.25, -0.2) is 4.79 Å². The smallest absolute Gasteiger partial charge is 0.332 e. The van der Waals surface area contributed by atoms with Crippen LogP contribution < -0.4 is 17.0 Å². The van der Waals surface area contributed by atoms with E-state index in [0.717, 1.165) is 37.6 Å². The molecule has 0 unspecified atom stereocenters. The number of hydrogen-bond donors (Lipinski definition) is 1. The summed E-state index contributed by atoms with van der Waals surface area (Å²) in [6.07, 6.45) is 0. The highest BCUT2D eigenvalue weighted by atomic mass is 32.2. The molecular formula is C18H19N5O4S. The minimum absolute atomic E-state index is 0.133. The van der Waals surface area contributed by atoms with Crippen LogP contribution in [0.15, 0.2) is 37.4 Å². The zero-order valence-electron chi connectivity index (χ0n) is 15.8. The lowest BCUT2D eigenvalue weighted by molar-refractivity contribution is 0.102. The number of benzene rings is 1. The summed E-state index contributed by atoms with van der Waals surface area (Å²) >= 11 is 0.999. The van der Waals surface area contributed by atoms with Crippen molar-refractivity contribution >= 4 is 23.4 Å². The first-order valence-electron chi connectivity index (χ1n) is 8.33. The van der Waals surface area contributed by atoms with E-state index in [9.17, 15) is 14.4 Å². The summed E-state index contributed by atoms with van der Waals surface area (Å²) in [4.78, 5) is 36.6. The van der Waals surface area contributed by atoms with E-state index in [1.807, 2.05) is 32.0 Å². The van der Waals surface area contributed by atoms with E-state index in [4.69, 9.17) is 10.2 Å². The summed E-state index contributed by atoms with van der Waals surface area (Å²) < 4.78 is 7.50. The number of aromatic nitrogens is 4. The molecule has 2 N–H and O–H groups in total. The summed E-state index contributed by atoms with van der Waals surface area (Å²) in [5, 5.41) is 8.12. The Hall–Kier alpha value is -3.14. The van der Waals surface area contributed by atoms with Crippen LogP contribution >= 0.6 is 11.8 Å². The summed E-state index contributed by atoms with van der Waals surface area (Å²) in [7, 11) is 2.69. The van der Waals surface area contributed by atoms with E-state index in [1.54, 1.807) is 0 Å². The molecule has 3 rings (SSSR count). The second-order valence-electron chi connectivity index (χ2n) is 6.35. The molecule has 0 spiro atoms. The average molecular weight is 401 g/mol. The molecule has 28 heavy (non-hydrogen) atoms. The molecule has 146 valence electrons. The molecule has 2 aromatic heterocycles. The SMILES string of the molecule is Cc1ccc(-c2nnc(SCC(=O)c3c(N)n(C)c(=O)n(C)c3=O)o2)cc1C. The minimum Gasteiger partial charge on any atom is -0.411 e. The Morgan fingerprint density at radius 1 is 1.14 bits per heavy atom. The first-order chi connectivity index (χ1) is 13.2. The van der Waals surface area contributed by atoms with Crippen LogP contribution in [0.2, 0.25) is 0 Å². The Labute approximate surface area is 164 Å². The number of anilines is 1. The van der Waals surface area contributed by atoms with Crippen LogP contribution in [0.4, 0.5) is 5.82 Å². The Balaban J connectivity index is 1.80. The van der Waals surface area contributed by atoms with Crippen molar-refractivity contribution in [2.75, 3.05) is 11.5 Å². The van der Waals surface area contributed by atoms with Crippen molar-refractivity contribution in [2.24, 2.45) is 14.1 Å². The first kappa shape index (κ1) is 19.6. The number of Topliss-reactive ketones (excluding diaryl/α,β-unsaturated/α-hetero) is 1. The molecule has 1 aromatic carbocycles. The van der Waals surface area contributed by atoms with Crippen LogP contribution in [-0.4, -0.2) is 30.9 Å². The van der Waals surface area contributed by atoms with Crippen molar-refractivity contribution in [2.45, 2.75) is 19.1 Å². The number of carbonyl (C=O) groups is 1. The average Bonchev–Trinajstić information content (AvgIpc) is 3.14. The molecule has 3 aromatic rings. The number of rotatable bonds is 5. The van der Waals surface area contributed by atoms with Crippen LogP contribution in [0.25, 0.3) is 11.5 Å². The van der Waals surface area contributed by atoms with Crippen molar-refractivity contribution in [3.05, 3.63) is 55.7 Å². The van der Waals surface area contributed by atoms with Crippen molar-refractivity contribution in [1.29, 1.82) is 0 Å². The molecule has 2 heterocycles.